The summed E-state index contributed by atoms with van der Waals surface area (Å²) < 4.78 is 6.46. The molecule has 5 nitrogen and oxygen atoms in total. The van der Waals surface area contributed by atoms with Crippen molar-refractivity contribution >= 4 is 11.6 Å². The number of aromatic hydroxyl groups is 1. The highest BCUT2D eigenvalue weighted by atomic mass is 16.5. The van der Waals surface area contributed by atoms with Crippen LogP contribution in [-0.2, 0) is 4.74 Å². The first-order valence-corrected chi connectivity index (χ1v) is 4.55. The van der Waals surface area contributed by atoms with Crippen LogP contribution in [0.1, 0.15) is 17.4 Å². The highest BCUT2D eigenvalue weighted by Crippen LogP contribution is 2.13. The number of ether oxygens (including phenoxy) is 1. The normalized spacial score (nSPS) is 10.5. The summed E-state index contributed by atoms with van der Waals surface area (Å²) in [4.78, 5) is 15.4. The van der Waals surface area contributed by atoms with Gasteiger partial charge in [-0.05, 0) is 13.0 Å². The topological polar surface area (TPSA) is 63.8 Å². The largest absolute Gasteiger partial charge is 0.508 e. The summed E-state index contributed by atoms with van der Waals surface area (Å²) in [6, 6.07) is 2.99. The fourth-order valence-corrected chi connectivity index (χ4v) is 1.27. The van der Waals surface area contributed by atoms with E-state index in [1.54, 1.807) is 23.7 Å². The number of carbonyl (C=O) groups excluding carboxylic acids is 1. The molecule has 2 rings (SSSR count). The zero-order chi connectivity index (χ0) is 10.8. The summed E-state index contributed by atoms with van der Waals surface area (Å²) in [5.74, 6) is -0.343. The van der Waals surface area contributed by atoms with Gasteiger partial charge in [-0.3, -0.25) is 0 Å². The van der Waals surface area contributed by atoms with Crippen LogP contribution in [0.2, 0.25) is 0 Å². The van der Waals surface area contributed by atoms with Crippen LogP contribution in [0.15, 0.2) is 24.5 Å². The third-order valence-electron chi connectivity index (χ3n) is 1.93. The molecule has 0 aliphatic heterocycles. The fourth-order valence-electron chi connectivity index (χ4n) is 1.27. The van der Waals surface area contributed by atoms with Crippen molar-refractivity contribution < 1.29 is 14.6 Å². The van der Waals surface area contributed by atoms with Crippen LogP contribution in [0.4, 0.5) is 0 Å². The molecule has 0 fully saturated rings. The molecule has 2 aromatic rings. The molecule has 2 aromatic heterocycles. The lowest BCUT2D eigenvalue weighted by Gasteiger charge is -1.95. The molecule has 0 bridgehead atoms. The van der Waals surface area contributed by atoms with E-state index < -0.39 is 5.97 Å². The van der Waals surface area contributed by atoms with Gasteiger partial charge in [0.2, 0.25) is 0 Å². The van der Waals surface area contributed by atoms with E-state index in [1.807, 2.05) is 0 Å². The molecule has 0 spiro atoms. The molecule has 0 atom stereocenters. The maximum absolute atomic E-state index is 11.3. The van der Waals surface area contributed by atoms with Crippen molar-refractivity contribution in [2.45, 2.75) is 6.92 Å². The van der Waals surface area contributed by atoms with E-state index in [-0.39, 0.29) is 11.4 Å². The molecule has 5 heteroatoms. The second-order valence-electron chi connectivity index (χ2n) is 3.00. The molecule has 0 aliphatic carbocycles. The Labute approximate surface area is 85.9 Å². The van der Waals surface area contributed by atoms with Gasteiger partial charge in [0.15, 0.2) is 5.69 Å². The SMILES string of the molecule is CCOC(=O)c1cn2ccc(O)cc2n1. The van der Waals surface area contributed by atoms with Gasteiger partial charge in [-0.2, -0.15) is 0 Å². The van der Waals surface area contributed by atoms with Crippen LogP contribution in [0, 0.1) is 0 Å². The summed E-state index contributed by atoms with van der Waals surface area (Å²) in [7, 11) is 0. The second-order valence-corrected chi connectivity index (χ2v) is 3.00. The molecular weight excluding hydrogens is 196 g/mol. The second kappa shape index (κ2) is 3.61. The lowest BCUT2D eigenvalue weighted by Crippen LogP contribution is -2.04. The van der Waals surface area contributed by atoms with E-state index in [0.717, 1.165) is 0 Å². The summed E-state index contributed by atoms with van der Waals surface area (Å²) in [5.41, 5.74) is 0.750. The van der Waals surface area contributed by atoms with Crippen molar-refractivity contribution in [3.05, 3.63) is 30.2 Å². The molecule has 1 N–H and O–H groups in total. The first kappa shape index (κ1) is 9.51. The van der Waals surface area contributed by atoms with Crippen LogP contribution >= 0.6 is 0 Å². The van der Waals surface area contributed by atoms with Crippen LogP contribution < -0.4 is 0 Å². The van der Waals surface area contributed by atoms with Gasteiger partial charge in [0.1, 0.15) is 11.4 Å². The molecule has 0 unspecified atom stereocenters. The average molecular weight is 206 g/mol. The third kappa shape index (κ3) is 1.76. The molecule has 0 aliphatic rings. The lowest BCUT2D eigenvalue weighted by molar-refractivity contribution is 0.0520. The maximum atomic E-state index is 11.3. The van der Waals surface area contributed by atoms with Crippen LogP contribution in [0.3, 0.4) is 0 Å². The van der Waals surface area contributed by atoms with E-state index in [2.05, 4.69) is 4.98 Å². The van der Waals surface area contributed by atoms with Gasteiger partial charge in [0.05, 0.1) is 6.61 Å². The first-order chi connectivity index (χ1) is 7.20. The van der Waals surface area contributed by atoms with Crippen LogP contribution in [-0.4, -0.2) is 27.1 Å². The molecule has 0 radical (unpaired) electrons. The Morgan fingerprint density at radius 2 is 2.47 bits per heavy atom. The molecule has 0 aromatic carbocycles. The predicted octanol–water partition coefficient (Wildman–Crippen LogP) is 1.22. The van der Waals surface area contributed by atoms with E-state index in [4.69, 9.17) is 4.74 Å². The number of aromatic nitrogens is 2. The van der Waals surface area contributed by atoms with Crippen LogP contribution in [0.5, 0.6) is 5.75 Å². The predicted molar refractivity (Wildman–Crippen MR) is 52.8 cm³/mol. The first-order valence-electron chi connectivity index (χ1n) is 4.55. The summed E-state index contributed by atoms with van der Waals surface area (Å²) in [6.07, 6.45) is 3.19. The fraction of sp³-hybridized carbons (Fsp3) is 0.200. The third-order valence-corrected chi connectivity index (χ3v) is 1.93. The van der Waals surface area contributed by atoms with Crippen molar-refractivity contribution in [2.75, 3.05) is 6.61 Å². The Bertz CT molecular complexity index is 504. The molecule has 0 amide bonds. The van der Waals surface area contributed by atoms with E-state index in [0.29, 0.717) is 12.3 Å². The van der Waals surface area contributed by atoms with Crippen LogP contribution in [0.25, 0.3) is 5.65 Å². The number of imidazole rings is 1. The number of carbonyl (C=O) groups is 1. The van der Waals surface area contributed by atoms with E-state index in [9.17, 15) is 9.90 Å². The summed E-state index contributed by atoms with van der Waals surface area (Å²) in [6.45, 7) is 2.05. The Kier molecular flexibility index (Phi) is 2.29. The van der Waals surface area contributed by atoms with Gasteiger partial charge < -0.3 is 14.2 Å². The van der Waals surface area contributed by atoms with E-state index >= 15 is 0 Å². The minimum Gasteiger partial charge on any atom is -0.508 e. The number of esters is 1. The molecule has 0 saturated carbocycles. The highest BCUT2D eigenvalue weighted by Gasteiger charge is 2.11. The average Bonchev–Trinajstić information content (AvgIpc) is 2.60. The van der Waals surface area contributed by atoms with Gasteiger partial charge in [0, 0.05) is 18.5 Å². The molecular formula is C10H10N2O3. The number of hydrogen-bond donors (Lipinski definition) is 1. The van der Waals surface area contributed by atoms with Gasteiger partial charge in [-0.1, -0.05) is 0 Å². The van der Waals surface area contributed by atoms with Crippen molar-refractivity contribution in [1.29, 1.82) is 0 Å². The quantitative estimate of drug-likeness (QED) is 0.750. The minimum atomic E-state index is -0.458. The maximum Gasteiger partial charge on any atom is 0.358 e. The van der Waals surface area contributed by atoms with Gasteiger partial charge in [-0.25, -0.2) is 9.78 Å². The number of nitrogens with zero attached hydrogens (tertiary/aromatic N) is 2. The highest BCUT2D eigenvalue weighted by molar-refractivity contribution is 5.87. The number of pyridine rings is 1. The summed E-state index contributed by atoms with van der Waals surface area (Å²) in [5, 5.41) is 9.21. The number of fused-ring (bicyclic) bond motifs is 1. The molecule has 2 heterocycles. The van der Waals surface area contributed by atoms with Gasteiger partial charge in [0.25, 0.3) is 0 Å². The zero-order valence-electron chi connectivity index (χ0n) is 8.17. The Morgan fingerprint density at radius 1 is 1.67 bits per heavy atom. The minimum absolute atomic E-state index is 0.114. The smallest absolute Gasteiger partial charge is 0.358 e. The van der Waals surface area contributed by atoms with Gasteiger partial charge in [-0.15, -0.1) is 0 Å². The Morgan fingerprint density at radius 3 is 3.20 bits per heavy atom. The Hall–Kier alpha value is -2.04. The van der Waals surface area contributed by atoms with Gasteiger partial charge >= 0.3 is 5.97 Å². The zero-order valence-corrected chi connectivity index (χ0v) is 8.17. The molecule has 15 heavy (non-hydrogen) atoms. The van der Waals surface area contributed by atoms with E-state index in [1.165, 1.54) is 12.1 Å². The van der Waals surface area contributed by atoms with Crippen molar-refractivity contribution in [3.8, 4) is 5.75 Å². The number of hydrogen-bond acceptors (Lipinski definition) is 4. The monoisotopic (exact) mass is 206 g/mol. The molecule has 78 valence electrons. The lowest BCUT2D eigenvalue weighted by atomic mass is 10.4. The standard InChI is InChI=1S/C10H10N2O3/c1-2-15-10(14)8-6-12-4-3-7(13)5-9(12)11-8/h3-6,13H,2H2,1H3. The molecule has 0 saturated heterocycles. The number of rotatable bonds is 2. The van der Waals surface area contributed by atoms with Crippen molar-refractivity contribution in [2.24, 2.45) is 0 Å². The van der Waals surface area contributed by atoms with Crippen molar-refractivity contribution in [1.82, 2.24) is 9.38 Å². The summed E-state index contributed by atoms with van der Waals surface area (Å²) >= 11 is 0. The Balaban J connectivity index is 2.42. The van der Waals surface area contributed by atoms with Crippen molar-refractivity contribution in [3.63, 3.8) is 0 Å².